The van der Waals surface area contributed by atoms with Gasteiger partial charge in [-0.15, -0.1) is 5.73 Å². The minimum absolute atomic E-state index is 0.222. The molecule has 2 aromatic carbocycles. The summed E-state index contributed by atoms with van der Waals surface area (Å²) >= 11 is 0. The van der Waals surface area contributed by atoms with Crippen molar-refractivity contribution in [3.05, 3.63) is 78.5 Å². The number of benzene rings is 2. The fraction of sp³-hybridized carbons (Fsp3) is 0.250. The zero-order valence-corrected chi connectivity index (χ0v) is 13.6. The first-order valence-electron chi connectivity index (χ1n) is 7.88. The van der Waals surface area contributed by atoms with Crippen LogP contribution in [0.25, 0.3) is 5.31 Å². The van der Waals surface area contributed by atoms with Crippen LogP contribution in [0.1, 0.15) is 31.2 Å². The Labute approximate surface area is 132 Å². The van der Waals surface area contributed by atoms with Crippen LogP contribution in [0.15, 0.2) is 73.0 Å². The lowest BCUT2D eigenvalue weighted by Crippen LogP contribution is -2.16. The third-order valence-corrected chi connectivity index (χ3v) is 8.22. The number of hydrogen-bond donors (Lipinski definition) is 0. The predicted octanol–water partition coefficient (Wildman–Crippen LogP) is 5.44. The Morgan fingerprint density at radius 3 is 2.05 bits per heavy atom. The summed E-state index contributed by atoms with van der Waals surface area (Å²) in [5.41, 5.74) is 4.24. The Hall–Kier alpha value is -1.81. The van der Waals surface area contributed by atoms with Crippen LogP contribution in [-0.4, -0.2) is 5.66 Å². The molecule has 0 saturated heterocycles. The van der Waals surface area contributed by atoms with E-state index in [9.17, 15) is 4.57 Å². The van der Waals surface area contributed by atoms with E-state index in [-0.39, 0.29) is 5.66 Å². The highest BCUT2D eigenvalue weighted by molar-refractivity contribution is 7.81. The Balaban J connectivity index is 2.17. The van der Waals surface area contributed by atoms with Crippen LogP contribution in [0.3, 0.4) is 0 Å². The first-order valence-corrected chi connectivity index (χ1v) is 9.66. The summed E-state index contributed by atoms with van der Waals surface area (Å²) in [5.74, 6) is 0. The van der Waals surface area contributed by atoms with Gasteiger partial charge in [0.25, 0.3) is 0 Å². The van der Waals surface area contributed by atoms with Gasteiger partial charge in [-0.3, -0.25) is 0 Å². The smallest absolute Gasteiger partial charge is 0.154 e. The molecule has 0 aromatic heterocycles. The average molecular weight is 308 g/mol. The van der Waals surface area contributed by atoms with E-state index < -0.39 is 7.14 Å². The first-order chi connectivity index (χ1) is 10.8. The van der Waals surface area contributed by atoms with E-state index in [1.807, 2.05) is 60.7 Å². The first kappa shape index (κ1) is 15.1. The third-order valence-electron chi connectivity index (χ3n) is 4.53. The lowest BCUT2D eigenvalue weighted by Gasteiger charge is -2.26. The van der Waals surface area contributed by atoms with Crippen LogP contribution in [0.5, 0.6) is 0 Å². The molecule has 0 N–H and O–H groups in total. The molecule has 3 rings (SSSR count). The van der Waals surface area contributed by atoms with Crippen molar-refractivity contribution < 1.29 is 4.57 Å². The fourth-order valence-corrected chi connectivity index (χ4v) is 6.97. The third kappa shape index (κ3) is 2.63. The van der Waals surface area contributed by atoms with Crippen LogP contribution in [0.4, 0.5) is 0 Å². The molecule has 0 radical (unpaired) electrons. The standard InChI is InChI=1S/C20H21OP/c1-2-20(17-11-5-3-6-12-17)22(21,19-15-9-10-16-19)18-13-7-4-8-14-18/h3-8,11-14,19H,1,9-10,15-16H2/t22-/m1/s1. The summed E-state index contributed by atoms with van der Waals surface area (Å²) in [5, 5.41) is 1.74. The molecule has 1 atom stereocenters. The van der Waals surface area contributed by atoms with E-state index in [0.717, 1.165) is 29.0 Å². The molecule has 112 valence electrons. The van der Waals surface area contributed by atoms with Crippen LogP contribution < -0.4 is 5.30 Å². The SMILES string of the molecule is C=C=C(c1ccccc1)[P@@](=O)(c1ccccc1)C1CCCC1. The predicted molar refractivity (Wildman–Crippen MR) is 94.9 cm³/mol. The van der Waals surface area contributed by atoms with Crippen molar-refractivity contribution in [3.8, 4) is 0 Å². The van der Waals surface area contributed by atoms with Crippen LogP contribution in [0.2, 0.25) is 0 Å². The number of rotatable bonds is 4. The highest BCUT2D eigenvalue weighted by Crippen LogP contribution is 2.64. The van der Waals surface area contributed by atoms with E-state index in [2.05, 4.69) is 12.3 Å². The van der Waals surface area contributed by atoms with Gasteiger partial charge in [0.05, 0.1) is 5.31 Å². The molecule has 0 bridgehead atoms. The number of hydrogen-bond acceptors (Lipinski definition) is 1. The Bertz CT molecular complexity index is 721. The van der Waals surface area contributed by atoms with Crippen molar-refractivity contribution in [3.63, 3.8) is 0 Å². The highest BCUT2D eigenvalue weighted by Gasteiger charge is 2.40. The minimum Gasteiger partial charge on any atom is -0.313 e. The van der Waals surface area contributed by atoms with E-state index in [0.29, 0.717) is 0 Å². The monoisotopic (exact) mass is 308 g/mol. The van der Waals surface area contributed by atoms with Gasteiger partial charge < -0.3 is 4.57 Å². The second-order valence-corrected chi connectivity index (χ2v) is 8.83. The Morgan fingerprint density at radius 1 is 0.955 bits per heavy atom. The van der Waals surface area contributed by atoms with Gasteiger partial charge >= 0.3 is 0 Å². The molecule has 0 amide bonds. The Morgan fingerprint density at radius 2 is 1.50 bits per heavy atom. The Kier molecular flexibility index (Phi) is 4.48. The molecule has 2 aromatic rings. The molecule has 1 aliphatic carbocycles. The molecule has 0 aliphatic heterocycles. The summed E-state index contributed by atoms with van der Waals surface area (Å²) in [6.45, 7) is 3.87. The van der Waals surface area contributed by atoms with Gasteiger partial charge in [-0.05, 0) is 18.4 Å². The maximum Gasteiger partial charge on any atom is 0.154 e. The molecule has 1 saturated carbocycles. The molecule has 1 fully saturated rings. The van der Waals surface area contributed by atoms with E-state index in [1.165, 1.54) is 12.8 Å². The average Bonchev–Trinajstić information content (AvgIpc) is 3.12. The molecular formula is C20H21OP. The molecule has 0 spiro atoms. The van der Waals surface area contributed by atoms with E-state index in [1.54, 1.807) is 0 Å². The van der Waals surface area contributed by atoms with Gasteiger partial charge in [-0.2, -0.15) is 0 Å². The molecule has 1 aliphatic rings. The van der Waals surface area contributed by atoms with Crippen LogP contribution in [0, 0.1) is 0 Å². The summed E-state index contributed by atoms with van der Waals surface area (Å²) in [6, 6.07) is 19.9. The molecule has 2 heteroatoms. The molecular weight excluding hydrogens is 287 g/mol. The normalized spacial score (nSPS) is 17.6. The topological polar surface area (TPSA) is 17.1 Å². The van der Waals surface area contributed by atoms with Gasteiger partial charge in [0.2, 0.25) is 0 Å². The largest absolute Gasteiger partial charge is 0.313 e. The van der Waals surface area contributed by atoms with Crippen LogP contribution >= 0.6 is 7.14 Å². The van der Waals surface area contributed by atoms with E-state index in [4.69, 9.17) is 0 Å². The van der Waals surface area contributed by atoms with Crippen molar-refractivity contribution >= 4 is 17.8 Å². The van der Waals surface area contributed by atoms with Crippen molar-refractivity contribution in [1.29, 1.82) is 0 Å². The maximum atomic E-state index is 14.2. The maximum absolute atomic E-state index is 14.2. The summed E-state index contributed by atoms with van der Waals surface area (Å²) < 4.78 is 14.2. The quantitative estimate of drug-likeness (QED) is 0.542. The molecule has 22 heavy (non-hydrogen) atoms. The molecule has 0 unspecified atom stereocenters. The fourth-order valence-electron chi connectivity index (χ4n) is 3.45. The lowest BCUT2D eigenvalue weighted by atomic mass is 10.2. The summed E-state index contributed by atoms with van der Waals surface area (Å²) in [7, 11) is -2.71. The summed E-state index contributed by atoms with van der Waals surface area (Å²) in [6.07, 6.45) is 4.40. The second-order valence-electron chi connectivity index (χ2n) is 5.82. The van der Waals surface area contributed by atoms with Crippen molar-refractivity contribution in [2.45, 2.75) is 31.3 Å². The van der Waals surface area contributed by atoms with Crippen LogP contribution in [-0.2, 0) is 4.57 Å². The zero-order chi connectivity index (χ0) is 15.4. The van der Waals surface area contributed by atoms with Crippen molar-refractivity contribution in [1.82, 2.24) is 0 Å². The van der Waals surface area contributed by atoms with Gasteiger partial charge in [-0.25, -0.2) is 0 Å². The minimum atomic E-state index is -2.71. The zero-order valence-electron chi connectivity index (χ0n) is 12.7. The highest BCUT2D eigenvalue weighted by atomic mass is 31.2. The van der Waals surface area contributed by atoms with Gasteiger partial charge in [-0.1, -0.05) is 80.1 Å². The van der Waals surface area contributed by atoms with Crippen molar-refractivity contribution in [2.75, 3.05) is 0 Å². The van der Waals surface area contributed by atoms with Gasteiger partial charge in [0.15, 0.2) is 7.14 Å². The summed E-state index contributed by atoms with van der Waals surface area (Å²) in [4.78, 5) is 0. The van der Waals surface area contributed by atoms with Gasteiger partial charge in [0.1, 0.15) is 0 Å². The second kappa shape index (κ2) is 6.53. The van der Waals surface area contributed by atoms with E-state index >= 15 is 0 Å². The molecule has 1 nitrogen and oxygen atoms in total. The van der Waals surface area contributed by atoms with Crippen molar-refractivity contribution in [2.24, 2.45) is 0 Å². The van der Waals surface area contributed by atoms with Gasteiger partial charge in [0, 0.05) is 11.0 Å². The lowest BCUT2D eigenvalue weighted by molar-refractivity contribution is 0.577. The molecule has 0 heterocycles.